The molecule has 0 spiro atoms. The zero-order valence-electron chi connectivity index (χ0n) is 8.51. The first-order valence-electron chi connectivity index (χ1n) is 4.65. The highest BCUT2D eigenvalue weighted by Gasteiger charge is 2.33. The van der Waals surface area contributed by atoms with Gasteiger partial charge in [0.1, 0.15) is 6.29 Å². The Morgan fingerprint density at radius 1 is 1.44 bits per heavy atom. The molecule has 5 heteroatoms. The Morgan fingerprint density at radius 3 is 2.56 bits per heavy atom. The van der Waals surface area contributed by atoms with E-state index in [1.54, 1.807) is 35.6 Å². The number of carbonyl (C=O) groups excluding carboxylic acids is 1. The molecule has 0 heterocycles. The minimum absolute atomic E-state index is 0.174. The highest BCUT2D eigenvalue weighted by atomic mass is 127. The lowest BCUT2D eigenvalue weighted by Gasteiger charge is -2.11. The van der Waals surface area contributed by atoms with Crippen LogP contribution >= 0.6 is 22.6 Å². The largest absolute Gasteiger partial charge is 0.417 e. The second-order valence-corrected chi connectivity index (χ2v) is 4.79. The maximum absolute atomic E-state index is 12.6. The van der Waals surface area contributed by atoms with Gasteiger partial charge in [-0.25, -0.2) is 0 Å². The molecule has 0 fully saturated rings. The SMILES string of the molecule is CC(C=O)Cc1ccc(I)c(C(F)(F)F)c1. The maximum atomic E-state index is 12.6. The van der Waals surface area contributed by atoms with Crippen LogP contribution in [-0.4, -0.2) is 6.29 Å². The number of alkyl halides is 3. The normalized spacial score (nSPS) is 13.6. The third kappa shape index (κ3) is 3.47. The van der Waals surface area contributed by atoms with Crippen LogP contribution in [0, 0.1) is 9.49 Å². The Balaban J connectivity index is 3.03. The summed E-state index contributed by atoms with van der Waals surface area (Å²) in [6.07, 6.45) is -3.26. The summed E-state index contributed by atoms with van der Waals surface area (Å²) in [4.78, 5) is 10.4. The Bertz CT molecular complexity index is 387. The summed E-state index contributed by atoms with van der Waals surface area (Å²) in [6, 6.07) is 4.16. The van der Waals surface area contributed by atoms with Gasteiger partial charge >= 0.3 is 6.18 Å². The van der Waals surface area contributed by atoms with E-state index in [1.165, 1.54) is 6.07 Å². The molecule has 16 heavy (non-hydrogen) atoms. The minimum atomic E-state index is -4.34. The van der Waals surface area contributed by atoms with E-state index in [9.17, 15) is 18.0 Å². The molecule has 0 saturated heterocycles. The molecule has 0 saturated carbocycles. The fourth-order valence-corrected chi connectivity index (χ4v) is 1.98. The van der Waals surface area contributed by atoms with Crippen LogP contribution in [0.1, 0.15) is 18.1 Å². The van der Waals surface area contributed by atoms with Crippen molar-refractivity contribution in [2.24, 2.45) is 5.92 Å². The first-order valence-corrected chi connectivity index (χ1v) is 5.73. The van der Waals surface area contributed by atoms with Crippen molar-refractivity contribution in [3.05, 3.63) is 32.9 Å². The van der Waals surface area contributed by atoms with E-state index in [1.807, 2.05) is 0 Å². The van der Waals surface area contributed by atoms with Gasteiger partial charge in [0, 0.05) is 9.49 Å². The quantitative estimate of drug-likeness (QED) is 0.605. The smallest absolute Gasteiger partial charge is 0.303 e. The van der Waals surface area contributed by atoms with E-state index in [0.717, 1.165) is 12.4 Å². The van der Waals surface area contributed by atoms with Gasteiger partial charge in [0.2, 0.25) is 0 Å². The van der Waals surface area contributed by atoms with Gasteiger partial charge in [0.05, 0.1) is 5.56 Å². The lowest BCUT2D eigenvalue weighted by molar-refractivity contribution is -0.138. The zero-order valence-corrected chi connectivity index (χ0v) is 10.7. The Hall–Kier alpha value is -0.590. The molecular formula is C11H10F3IO. The lowest BCUT2D eigenvalue weighted by atomic mass is 10.0. The summed E-state index contributed by atoms with van der Waals surface area (Å²) in [5.74, 6) is -0.263. The fraction of sp³-hybridized carbons (Fsp3) is 0.364. The van der Waals surface area contributed by atoms with E-state index >= 15 is 0 Å². The van der Waals surface area contributed by atoms with Gasteiger partial charge in [-0.1, -0.05) is 13.0 Å². The molecule has 0 amide bonds. The molecule has 0 radical (unpaired) electrons. The number of carbonyl (C=O) groups is 1. The van der Waals surface area contributed by atoms with Gasteiger partial charge in [-0.3, -0.25) is 0 Å². The van der Waals surface area contributed by atoms with Gasteiger partial charge < -0.3 is 4.79 Å². The molecule has 1 nitrogen and oxygen atoms in total. The summed E-state index contributed by atoms with van der Waals surface area (Å²) in [5, 5.41) is 0. The van der Waals surface area contributed by atoms with Crippen molar-refractivity contribution in [2.45, 2.75) is 19.5 Å². The van der Waals surface area contributed by atoms with Crippen LogP contribution in [-0.2, 0) is 17.4 Å². The van der Waals surface area contributed by atoms with Crippen LogP contribution in [0.4, 0.5) is 13.2 Å². The van der Waals surface area contributed by atoms with E-state index in [-0.39, 0.29) is 9.49 Å². The minimum Gasteiger partial charge on any atom is -0.303 e. The van der Waals surface area contributed by atoms with Gasteiger partial charge in [0.15, 0.2) is 0 Å². The number of hydrogen-bond acceptors (Lipinski definition) is 1. The Morgan fingerprint density at radius 2 is 2.06 bits per heavy atom. The second kappa shape index (κ2) is 5.16. The molecule has 0 aliphatic rings. The Kier molecular flexibility index (Phi) is 4.35. The fourth-order valence-electron chi connectivity index (χ4n) is 1.34. The van der Waals surface area contributed by atoms with Crippen molar-refractivity contribution in [1.82, 2.24) is 0 Å². The summed E-state index contributed by atoms with van der Waals surface area (Å²) in [7, 11) is 0. The summed E-state index contributed by atoms with van der Waals surface area (Å²) >= 11 is 1.66. The molecule has 1 atom stereocenters. The van der Waals surface area contributed by atoms with Crippen molar-refractivity contribution in [1.29, 1.82) is 0 Å². The van der Waals surface area contributed by atoms with Crippen LogP contribution < -0.4 is 0 Å². The van der Waals surface area contributed by atoms with Crippen molar-refractivity contribution >= 4 is 28.9 Å². The number of aldehydes is 1. The van der Waals surface area contributed by atoms with E-state index in [4.69, 9.17) is 0 Å². The standard InChI is InChI=1S/C11H10F3IO/c1-7(6-16)4-8-2-3-10(15)9(5-8)11(12,13)14/h2-3,5-7H,4H2,1H3. The summed E-state index contributed by atoms with van der Waals surface area (Å²) in [5.41, 5.74) is -0.101. The van der Waals surface area contributed by atoms with Crippen molar-refractivity contribution < 1.29 is 18.0 Å². The molecule has 1 aromatic carbocycles. The second-order valence-electron chi connectivity index (χ2n) is 3.63. The number of hydrogen-bond donors (Lipinski definition) is 0. The molecule has 0 aromatic heterocycles. The van der Waals surface area contributed by atoms with E-state index in [0.29, 0.717) is 12.0 Å². The highest BCUT2D eigenvalue weighted by Crippen LogP contribution is 2.33. The van der Waals surface area contributed by atoms with Crippen LogP contribution in [0.3, 0.4) is 0 Å². The van der Waals surface area contributed by atoms with Gasteiger partial charge in [-0.15, -0.1) is 0 Å². The highest BCUT2D eigenvalue weighted by molar-refractivity contribution is 14.1. The summed E-state index contributed by atoms with van der Waals surface area (Å²) in [6.45, 7) is 1.68. The average Bonchev–Trinajstić information content (AvgIpc) is 2.19. The van der Waals surface area contributed by atoms with Crippen molar-refractivity contribution in [3.63, 3.8) is 0 Å². The third-order valence-corrected chi connectivity index (χ3v) is 3.07. The molecule has 88 valence electrons. The first kappa shape index (κ1) is 13.5. The van der Waals surface area contributed by atoms with Crippen molar-refractivity contribution in [2.75, 3.05) is 0 Å². The molecular weight excluding hydrogens is 332 g/mol. The van der Waals surface area contributed by atoms with Crippen LogP contribution in [0.15, 0.2) is 18.2 Å². The molecule has 0 bridgehead atoms. The lowest BCUT2D eigenvalue weighted by Crippen LogP contribution is -2.09. The van der Waals surface area contributed by atoms with Crippen molar-refractivity contribution in [3.8, 4) is 0 Å². The number of halogens is 4. The summed E-state index contributed by atoms with van der Waals surface area (Å²) < 4.78 is 37.9. The molecule has 0 aliphatic heterocycles. The number of benzene rings is 1. The topological polar surface area (TPSA) is 17.1 Å². The zero-order chi connectivity index (χ0) is 12.3. The van der Waals surface area contributed by atoms with Gasteiger partial charge in [-0.2, -0.15) is 13.2 Å². The number of rotatable bonds is 3. The van der Waals surface area contributed by atoms with Gasteiger partial charge in [-0.05, 0) is 46.7 Å². The predicted molar refractivity (Wildman–Crippen MR) is 63.1 cm³/mol. The Labute approximate surface area is 105 Å². The van der Waals surface area contributed by atoms with E-state index in [2.05, 4.69) is 0 Å². The van der Waals surface area contributed by atoms with Gasteiger partial charge in [0.25, 0.3) is 0 Å². The molecule has 0 N–H and O–H groups in total. The van der Waals surface area contributed by atoms with Crippen LogP contribution in [0.2, 0.25) is 0 Å². The monoisotopic (exact) mass is 342 g/mol. The predicted octanol–water partition coefficient (Wildman–Crippen LogP) is 3.69. The maximum Gasteiger partial charge on any atom is 0.417 e. The molecule has 1 rings (SSSR count). The molecule has 0 aliphatic carbocycles. The first-order chi connectivity index (χ1) is 7.34. The van der Waals surface area contributed by atoms with E-state index < -0.39 is 11.7 Å². The molecule has 1 unspecified atom stereocenters. The van der Waals surface area contributed by atoms with Crippen LogP contribution in [0.25, 0.3) is 0 Å². The average molecular weight is 342 g/mol. The third-order valence-electron chi connectivity index (χ3n) is 2.13. The van der Waals surface area contributed by atoms with Crippen LogP contribution in [0.5, 0.6) is 0 Å². The molecule has 1 aromatic rings.